The maximum Gasteiger partial charge on any atom is 0.227 e. The van der Waals surface area contributed by atoms with E-state index in [9.17, 15) is 9.18 Å². The summed E-state index contributed by atoms with van der Waals surface area (Å²) in [5.41, 5.74) is 9.05. The summed E-state index contributed by atoms with van der Waals surface area (Å²) in [6, 6.07) is 13.5. The molecular formula is C23H23FN4O2. The van der Waals surface area contributed by atoms with Crippen LogP contribution in [-0.4, -0.2) is 34.4 Å². The van der Waals surface area contributed by atoms with Crippen LogP contribution in [0.1, 0.15) is 30.1 Å². The number of nitrogen functional groups attached to an aromatic ring is 1. The molecule has 2 heterocycles. The van der Waals surface area contributed by atoms with Crippen molar-refractivity contribution in [3.63, 3.8) is 0 Å². The van der Waals surface area contributed by atoms with Gasteiger partial charge in [0.2, 0.25) is 11.9 Å². The molecule has 0 spiro atoms. The number of anilines is 1. The standard InChI is InChI=1S/C23H23FN4O2/c1-30-18-10-4-15(5-11-18)13-21(29)28-12-2-3-20(28)22-19(14-26-23(25)27-22)16-6-8-17(24)9-7-16/h4-11,14,20H,2-3,12-13H2,1H3,(H2,25,26,27). The number of benzene rings is 2. The van der Waals surface area contributed by atoms with Gasteiger partial charge in [0.05, 0.1) is 25.3 Å². The Hall–Kier alpha value is -3.48. The number of halogens is 1. The molecule has 1 unspecified atom stereocenters. The first-order valence-electron chi connectivity index (χ1n) is 9.86. The van der Waals surface area contributed by atoms with Crippen LogP contribution in [0.2, 0.25) is 0 Å². The molecular weight excluding hydrogens is 383 g/mol. The van der Waals surface area contributed by atoms with E-state index in [1.165, 1.54) is 12.1 Å². The molecule has 1 fully saturated rings. The lowest BCUT2D eigenvalue weighted by Gasteiger charge is -2.26. The van der Waals surface area contributed by atoms with E-state index in [4.69, 9.17) is 10.5 Å². The molecule has 1 saturated heterocycles. The summed E-state index contributed by atoms with van der Waals surface area (Å²) in [5, 5.41) is 0. The van der Waals surface area contributed by atoms with Gasteiger partial charge in [-0.2, -0.15) is 0 Å². The van der Waals surface area contributed by atoms with E-state index in [-0.39, 0.29) is 23.7 Å². The molecule has 1 amide bonds. The minimum Gasteiger partial charge on any atom is -0.497 e. The fourth-order valence-electron chi connectivity index (χ4n) is 3.88. The van der Waals surface area contributed by atoms with Gasteiger partial charge in [-0.3, -0.25) is 4.79 Å². The van der Waals surface area contributed by atoms with Crippen LogP contribution in [-0.2, 0) is 11.2 Å². The summed E-state index contributed by atoms with van der Waals surface area (Å²) in [4.78, 5) is 23.6. The Bertz CT molecular complexity index is 1040. The maximum absolute atomic E-state index is 13.4. The molecule has 0 aliphatic carbocycles. The number of amides is 1. The zero-order chi connectivity index (χ0) is 21.1. The van der Waals surface area contributed by atoms with Crippen molar-refractivity contribution in [3.05, 3.63) is 71.8 Å². The third-order valence-corrected chi connectivity index (χ3v) is 5.40. The molecule has 4 rings (SSSR count). The Morgan fingerprint density at radius 1 is 1.20 bits per heavy atom. The van der Waals surface area contributed by atoms with Crippen molar-refractivity contribution < 1.29 is 13.9 Å². The fourth-order valence-corrected chi connectivity index (χ4v) is 3.88. The van der Waals surface area contributed by atoms with E-state index in [2.05, 4.69) is 9.97 Å². The highest BCUT2D eigenvalue weighted by atomic mass is 19.1. The van der Waals surface area contributed by atoms with Crippen molar-refractivity contribution in [2.75, 3.05) is 19.4 Å². The maximum atomic E-state index is 13.4. The van der Waals surface area contributed by atoms with Gasteiger partial charge < -0.3 is 15.4 Å². The van der Waals surface area contributed by atoms with Crippen LogP contribution in [0.15, 0.2) is 54.7 Å². The molecule has 3 aromatic rings. The van der Waals surface area contributed by atoms with Gasteiger partial charge in [-0.05, 0) is 48.2 Å². The summed E-state index contributed by atoms with van der Waals surface area (Å²) in [6.45, 7) is 0.659. The molecule has 2 N–H and O–H groups in total. The molecule has 30 heavy (non-hydrogen) atoms. The molecule has 1 atom stereocenters. The highest BCUT2D eigenvalue weighted by Gasteiger charge is 2.33. The predicted octanol–water partition coefficient (Wildman–Crippen LogP) is 3.78. The van der Waals surface area contributed by atoms with E-state index in [0.29, 0.717) is 18.7 Å². The Kier molecular flexibility index (Phi) is 5.61. The second-order valence-electron chi connectivity index (χ2n) is 7.30. The van der Waals surface area contributed by atoms with Crippen molar-refractivity contribution in [3.8, 4) is 16.9 Å². The van der Waals surface area contributed by atoms with Gasteiger partial charge in [0.25, 0.3) is 0 Å². The number of carbonyl (C=O) groups is 1. The Balaban J connectivity index is 1.62. The normalized spacial score (nSPS) is 15.9. The molecule has 1 aromatic heterocycles. The number of likely N-dealkylation sites (tertiary alicyclic amines) is 1. The highest BCUT2D eigenvalue weighted by molar-refractivity contribution is 5.80. The largest absolute Gasteiger partial charge is 0.497 e. The highest BCUT2D eigenvalue weighted by Crippen LogP contribution is 2.37. The number of methoxy groups -OCH3 is 1. The number of nitrogens with two attached hydrogens (primary N) is 1. The van der Waals surface area contributed by atoms with E-state index in [1.807, 2.05) is 29.2 Å². The van der Waals surface area contributed by atoms with Gasteiger partial charge in [-0.15, -0.1) is 0 Å². The summed E-state index contributed by atoms with van der Waals surface area (Å²) >= 11 is 0. The van der Waals surface area contributed by atoms with Gasteiger partial charge in [-0.25, -0.2) is 14.4 Å². The van der Waals surface area contributed by atoms with Crippen molar-refractivity contribution in [2.45, 2.75) is 25.3 Å². The van der Waals surface area contributed by atoms with Gasteiger partial charge >= 0.3 is 0 Å². The van der Waals surface area contributed by atoms with Crippen LogP contribution < -0.4 is 10.5 Å². The fraction of sp³-hybridized carbons (Fsp3) is 0.261. The lowest BCUT2D eigenvalue weighted by atomic mass is 9.99. The summed E-state index contributed by atoms with van der Waals surface area (Å²) in [5.74, 6) is 0.634. The lowest BCUT2D eigenvalue weighted by Crippen LogP contribution is -2.32. The van der Waals surface area contributed by atoms with Gasteiger partial charge in [0.1, 0.15) is 11.6 Å². The Morgan fingerprint density at radius 2 is 1.93 bits per heavy atom. The molecule has 1 aliphatic rings. The van der Waals surface area contributed by atoms with Crippen LogP contribution in [0.25, 0.3) is 11.1 Å². The number of aromatic nitrogens is 2. The van der Waals surface area contributed by atoms with Gasteiger partial charge in [0.15, 0.2) is 0 Å². The van der Waals surface area contributed by atoms with Crippen LogP contribution in [0.3, 0.4) is 0 Å². The first-order chi connectivity index (χ1) is 14.5. The van der Waals surface area contributed by atoms with Crippen molar-refractivity contribution in [1.29, 1.82) is 0 Å². The van der Waals surface area contributed by atoms with Crippen LogP contribution in [0.5, 0.6) is 5.75 Å². The molecule has 2 aromatic carbocycles. The zero-order valence-corrected chi connectivity index (χ0v) is 16.7. The summed E-state index contributed by atoms with van der Waals surface area (Å²) in [6.07, 6.45) is 3.62. The van der Waals surface area contributed by atoms with Crippen molar-refractivity contribution in [2.24, 2.45) is 0 Å². The van der Waals surface area contributed by atoms with Crippen molar-refractivity contribution >= 4 is 11.9 Å². The smallest absolute Gasteiger partial charge is 0.227 e. The van der Waals surface area contributed by atoms with Crippen LogP contribution in [0, 0.1) is 5.82 Å². The van der Waals surface area contributed by atoms with E-state index >= 15 is 0 Å². The molecule has 0 bridgehead atoms. The number of hydrogen-bond donors (Lipinski definition) is 1. The first kappa shape index (κ1) is 19.8. The van der Waals surface area contributed by atoms with E-state index in [0.717, 1.165) is 35.3 Å². The third kappa shape index (κ3) is 4.10. The predicted molar refractivity (Wildman–Crippen MR) is 112 cm³/mol. The van der Waals surface area contributed by atoms with Crippen LogP contribution in [0.4, 0.5) is 10.3 Å². The summed E-state index contributed by atoms with van der Waals surface area (Å²) in [7, 11) is 1.61. The second kappa shape index (κ2) is 8.49. The number of ether oxygens (including phenoxy) is 1. The molecule has 6 nitrogen and oxygen atoms in total. The topological polar surface area (TPSA) is 81.3 Å². The van der Waals surface area contributed by atoms with Gasteiger partial charge in [0, 0.05) is 18.3 Å². The number of rotatable bonds is 5. The zero-order valence-electron chi connectivity index (χ0n) is 16.7. The van der Waals surface area contributed by atoms with Gasteiger partial charge in [-0.1, -0.05) is 24.3 Å². The van der Waals surface area contributed by atoms with E-state index in [1.54, 1.807) is 25.4 Å². The Labute approximate surface area is 174 Å². The monoisotopic (exact) mass is 406 g/mol. The Morgan fingerprint density at radius 3 is 2.63 bits per heavy atom. The molecule has 0 radical (unpaired) electrons. The first-order valence-corrected chi connectivity index (χ1v) is 9.86. The average Bonchev–Trinajstić information content (AvgIpc) is 3.25. The van der Waals surface area contributed by atoms with Crippen molar-refractivity contribution in [1.82, 2.24) is 14.9 Å². The van der Waals surface area contributed by atoms with E-state index < -0.39 is 0 Å². The minimum atomic E-state index is -0.311. The molecule has 0 saturated carbocycles. The minimum absolute atomic E-state index is 0.0323. The number of hydrogen-bond acceptors (Lipinski definition) is 5. The van der Waals surface area contributed by atoms with Crippen LogP contribution >= 0.6 is 0 Å². The molecule has 7 heteroatoms. The number of nitrogens with zero attached hydrogens (tertiary/aromatic N) is 3. The quantitative estimate of drug-likeness (QED) is 0.697. The molecule has 154 valence electrons. The number of carbonyl (C=O) groups excluding carboxylic acids is 1. The SMILES string of the molecule is COc1ccc(CC(=O)N2CCCC2c2nc(N)ncc2-c2ccc(F)cc2)cc1. The molecule has 1 aliphatic heterocycles. The lowest BCUT2D eigenvalue weighted by molar-refractivity contribution is -0.131. The third-order valence-electron chi connectivity index (χ3n) is 5.40. The average molecular weight is 406 g/mol. The summed E-state index contributed by atoms with van der Waals surface area (Å²) < 4.78 is 18.6. The second-order valence-corrected chi connectivity index (χ2v) is 7.30.